The van der Waals surface area contributed by atoms with Crippen molar-refractivity contribution in [1.29, 1.82) is 0 Å². The Labute approximate surface area is 73.0 Å². The minimum absolute atomic E-state index is 0.248. The smallest absolute Gasteiger partial charge is 0.0536 e. The number of aromatic nitrogens is 2. The lowest BCUT2D eigenvalue weighted by molar-refractivity contribution is 0.239. The number of rotatable bonds is 0. The fourth-order valence-corrected chi connectivity index (χ4v) is 1.93. The predicted molar refractivity (Wildman–Crippen MR) is 48.1 cm³/mol. The van der Waals surface area contributed by atoms with Gasteiger partial charge in [0.25, 0.3) is 0 Å². The fourth-order valence-electron chi connectivity index (χ4n) is 1.93. The van der Waals surface area contributed by atoms with Crippen LogP contribution in [0, 0.1) is 0 Å². The third-order valence-electron chi connectivity index (χ3n) is 3.64. The van der Waals surface area contributed by atoms with E-state index in [0.717, 1.165) is 0 Å². The maximum absolute atomic E-state index is 3.91. The van der Waals surface area contributed by atoms with Crippen molar-refractivity contribution in [2.45, 2.75) is 38.5 Å². The van der Waals surface area contributed by atoms with Gasteiger partial charge in [-0.05, 0) is 11.1 Å². The molecule has 0 N–H and O–H groups in total. The molecule has 2 nitrogen and oxygen atoms in total. The molecule has 0 aromatic carbocycles. The van der Waals surface area contributed by atoms with Gasteiger partial charge in [0, 0.05) is 10.8 Å². The molecule has 0 saturated heterocycles. The summed E-state index contributed by atoms with van der Waals surface area (Å²) in [5.74, 6) is 0. The molecule has 1 aliphatic carbocycles. The highest BCUT2D eigenvalue weighted by Crippen LogP contribution is 2.54. The van der Waals surface area contributed by atoms with Crippen molar-refractivity contribution in [2.75, 3.05) is 0 Å². The molecule has 2 rings (SSSR count). The zero-order valence-corrected chi connectivity index (χ0v) is 8.05. The van der Waals surface area contributed by atoms with E-state index in [1.807, 2.05) is 12.4 Å². The monoisotopic (exact) mass is 162 g/mol. The first kappa shape index (κ1) is 7.71. The lowest BCUT2D eigenvalue weighted by Crippen LogP contribution is -2.51. The van der Waals surface area contributed by atoms with Crippen molar-refractivity contribution in [3.8, 4) is 0 Å². The van der Waals surface area contributed by atoms with Gasteiger partial charge in [0.05, 0.1) is 12.4 Å². The topological polar surface area (TPSA) is 25.8 Å². The first-order valence-electron chi connectivity index (χ1n) is 4.29. The van der Waals surface area contributed by atoms with Gasteiger partial charge in [-0.25, -0.2) is 0 Å². The zero-order valence-electron chi connectivity index (χ0n) is 8.05. The molecule has 0 aliphatic heterocycles. The van der Waals surface area contributed by atoms with Crippen LogP contribution in [0.15, 0.2) is 12.4 Å². The van der Waals surface area contributed by atoms with Gasteiger partial charge in [-0.1, -0.05) is 27.7 Å². The minimum Gasteiger partial charge on any atom is -0.159 e. The Morgan fingerprint density at radius 2 is 1.17 bits per heavy atom. The highest BCUT2D eigenvalue weighted by Gasteiger charge is 2.51. The summed E-state index contributed by atoms with van der Waals surface area (Å²) in [7, 11) is 0. The molecule has 12 heavy (non-hydrogen) atoms. The Hall–Kier alpha value is -0.920. The number of nitrogens with zero attached hydrogens (tertiary/aromatic N) is 2. The fraction of sp³-hybridized carbons (Fsp3) is 0.600. The van der Waals surface area contributed by atoms with Crippen molar-refractivity contribution >= 4 is 0 Å². The molecule has 2 heteroatoms. The van der Waals surface area contributed by atoms with Crippen molar-refractivity contribution in [3.63, 3.8) is 0 Å². The van der Waals surface area contributed by atoms with E-state index >= 15 is 0 Å². The molecule has 1 heterocycles. The quantitative estimate of drug-likeness (QED) is 0.583. The Balaban J connectivity index is 2.64. The van der Waals surface area contributed by atoms with E-state index in [1.54, 1.807) is 0 Å². The molecule has 0 saturated carbocycles. The SMILES string of the molecule is CC1(C)c2cnncc2C1(C)C. The van der Waals surface area contributed by atoms with Crippen LogP contribution in [0.5, 0.6) is 0 Å². The van der Waals surface area contributed by atoms with E-state index in [-0.39, 0.29) is 10.8 Å². The Kier molecular flexibility index (Phi) is 1.20. The van der Waals surface area contributed by atoms with Crippen LogP contribution in [-0.2, 0) is 10.8 Å². The lowest BCUT2D eigenvalue weighted by Gasteiger charge is -2.53. The molecule has 0 radical (unpaired) electrons. The Morgan fingerprint density at radius 3 is 1.50 bits per heavy atom. The molecule has 0 unspecified atom stereocenters. The Bertz CT molecular complexity index is 293. The molecule has 0 spiro atoms. The number of hydrogen-bond donors (Lipinski definition) is 0. The first-order chi connectivity index (χ1) is 5.48. The van der Waals surface area contributed by atoms with Gasteiger partial charge in [-0.3, -0.25) is 0 Å². The van der Waals surface area contributed by atoms with Crippen molar-refractivity contribution in [1.82, 2.24) is 10.2 Å². The second kappa shape index (κ2) is 1.87. The van der Waals surface area contributed by atoms with Crippen molar-refractivity contribution < 1.29 is 0 Å². The molecule has 0 amide bonds. The first-order valence-corrected chi connectivity index (χ1v) is 4.29. The van der Waals surface area contributed by atoms with Crippen LogP contribution in [0.2, 0.25) is 0 Å². The number of hydrogen-bond acceptors (Lipinski definition) is 2. The van der Waals surface area contributed by atoms with Gasteiger partial charge >= 0.3 is 0 Å². The van der Waals surface area contributed by atoms with Crippen LogP contribution >= 0.6 is 0 Å². The summed E-state index contributed by atoms with van der Waals surface area (Å²) in [6, 6.07) is 0. The largest absolute Gasteiger partial charge is 0.159 e. The summed E-state index contributed by atoms with van der Waals surface area (Å²) >= 11 is 0. The van der Waals surface area contributed by atoms with Crippen molar-refractivity contribution in [3.05, 3.63) is 23.5 Å². The van der Waals surface area contributed by atoms with E-state index in [2.05, 4.69) is 37.9 Å². The average molecular weight is 162 g/mol. The third-order valence-corrected chi connectivity index (χ3v) is 3.64. The Morgan fingerprint density at radius 1 is 0.833 bits per heavy atom. The molecule has 0 atom stereocenters. The van der Waals surface area contributed by atoms with Gasteiger partial charge < -0.3 is 0 Å². The second-order valence-corrected chi connectivity index (χ2v) is 4.57. The highest BCUT2D eigenvalue weighted by atomic mass is 15.1. The summed E-state index contributed by atoms with van der Waals surface area (Å²) in [6.45, 7) is 9.04. The lowest BCUT2D eigenvalue weighted by atomic mass is 9.50. The van der Waals surface area contributed by atoms with E-state index in [4.69, 9.17) is 0 Å². The standard InChI is InChI=1S/C10H14N2/c1-9(2)7-5-11-12-6-8(7)10(9,3)4/h5-6H,1-4H3. The zero-order chi connectivity index (χ0) is 8.98. The second-order valence-electron chi connectivity index (χ2n) is 4.57. The molecule has 1 aliphatic rings. The summed E-state index contributed by atoms with van der Waals surface area (Å²) in [5, 5.41) is 7.82. The molecule has 0 fully saturated rings. The summed E-state index contributed by atoms with van der Waals surface area (Å²) in [6.07, 6.45) is 3.78. The number of fused-ring (bicyclic) bond motifs is 1. The van der Waals surface area contributed by atoms with Gasteiger partial charge in [0.15, 0.2) is 0 Å². The van der Waals surface area contributed by atoms with Crippen LogP contribution in [0.4, 0.5) is 0 Å². The van der Waals surface area contributed by atoms with Crippen LogP contribution in [-0.4, -0.2) is 10.2 Å². The maximum Gasteiger partial charge on any atom is 0.0536 e. The van der Waals surface area contributed by atoms with Gasteiger partial charge in [0.2, 0.25) is 0 Å². The average Bonchev–Trinajstić information content (AvgIpc) is 2.04. The molecule has 0 bridgehead atoms. The predicted octanol–water partition coefficient (Wildman–Crippen LogP) is 2.05. The summed E-state index contributed by atoms with van der Waals surface area (Å²) in [4.78, 5) is 0. The van der Waals surface area contributed by atoms with E-state index in [1.165, 1.54) is 11.1 Å². The molecule has 64 valence electrons. The molecular formula is C10H14N2. The molecule has 1 aromatic rings. The van der Waals surface area contributed by atoms with Gasteiger partial charge in [0.1, 0.15) is 0 Å². The van der Waals surface area contributed by atoms with E-state index in [9.17, 15) is 0 Å². The summed E-state index contributed by atoms with van der Waals surface area (Å²) < 4.78 is 0. The van der Waals surface area contributed by atoms with E-state index < -0.39 is 0 Å². The molecule has 1 aromatic heterocycles. The van der Waals surface area contributed by atoms with Crippen LogP contribution < -0.4 is 0 Å². The minimum atomic E-state index is 0.248. The van der Waals surface area contributed by atoms with E-state index in [0.29, 0.717) is 0 Å². The third kappa shape index (κ3) is 0.614. The molecular weight excluding hydrogens is 148 g/mol. The maximum atomic E-state index is 3.91. The highest BCUT2D eigenvalue weighted by molar-refractivity contribution is 5.49. The van der Waals surface area contributed by atoms with Crippen LogP contribution in [0.3, 0.4) is 0 Å². The van der Waals surface area contributed by atoms with Crippen LogP contribution in [0.1, 0.15) is 38.8 Å². The van der Waals surface area contributed by atoms with Crippen LogP contribution in [0.25, 0.3) is 0 Å². The van der Waals surface area contributed by atoms with Gasteiger partial charge in [-0.2, -0.15) is 10.2 Å². The van der Waals surface area contributed by atoms with Crippen molar-refractivity contribution in [2.24, 2.45) is 0 Å². The normalized spacial score (nSPS) is 22.7. The van der Waals surface area contributed by atoms with Gasteiger partial charge in [-0.15, -0.1) is 0 Å². The summed E-state index contributed by atoms with van der Waals surface area (Å²) in [5.41, 5.74) is 3.20.